The van der Waals surface area contributed by atoms with E-state index in [0.29, 0.717) is 17.1 Å². The number of methoxy groups -OCH3 is 1. The van der Waals surface area contributed by atoms with Gasteiger partial charge in [-0.3, -0.25) is 0 Å². The van der Waals surface area contributed by atoms with E-state index in [1.54, 1.807) is 12.1 Å². The molecule has 0 amide bonds. The first kappa shape index (κ1) is 12.0. The fourth-order valence-corrected chi connectivity index (χ4v) is 2.08. The molecule has 0 aliphatic carbocycles. The minimum Gasteiger partial charge on any atom is -0.507 e. The third-order valence-electron chi connectivity index (χ3n) is 3.09. The van der Waals surface area contributed by atoms with Crippen LogP contribution in [0.3, 0.4) is 0 Å². The molecular formula is C13H14N2O4. The smallest absolute Gasteiger partial charge is 0.261 e. The van der Waals surface area contributed by atoms with Crippen molar-refractivity contribution in [3.05, 3.63) is 24.0 Å². The SMILES string of the molecule is COc1ccc(-c2nc(C3CCCO3)no2)c(O)c1. The number of hydrogen-bond donors (Lipinski definition) is 1. The number of ether oxygens (including phenoxy) is 2. The topological polar surface area (TPSA) is 77.6 Å². The first-order chi connectivity index (χ1) is 9.28. The highest BCUT2D eigenvalue weighted by Gasteiger charge is 2.24. The highest BCUT2D eigenvalue weighted by atomic mass is 16.5. The number of nitrogens with zero attached hydrogens (tertiary/aromatic N) is 2. The Labute approximate surface area is 110 Å². The average molecular weight is 262 g/mol. The van der Waals surface area contributed by atoms with Gasteiger partial charge in [0.15, 0.2) is 0 Å². The van der Waals surface area contributed by atoms with Crippen LogP contribution >= 0.6 is 0 Å². The summed E-state index contributed by atoms with van der Waals surface area (Å²) in [5.74, 6) is 1.43. The van der Waals surface area contributed by atoms with Crippen molar-refractivity contribution in [2.24, 2.45) is 0 Å². The number of phenolic OH excluding ortho intramolecular Hbond substituents is 1. The molecule has 1 fully saturated rings. The molecule has 19 heavy (non-hydrogen) atoms. The summed E-state index contributed by atoms with van der Waals surface area (Å²) >= 11 is 0. The molecule has 0 bridgehead atoms. The van der Waals surface area contributed by atoms with Crippen molar-refractivity contribution in [3.63, 3.8) is 0 Å². The second-order valence-corrected chi connectivity index (χ2v) is 4.34. The summed E-state index contributed by atoms with van der Waals surface area (Å²) in [5.41, 5.74) is 0.484. The fraction of sp³-hybridized carbons (Fsp3) is 0.385. The van der Waals surface area contributed by atoms with Gasteiger partial charge in [0.1, 0.15) is 17.6 Å². The van der Waals surface area contributed by atoms with E-state index < -0.39 is 0 Å². The summed E-state index contributed by atoms with van der Waals surface area (Å²) in [6.45, 7) is 0.725. The lowest BCUT2D eigenvalue weighted by Crippen LogP contribution is -1.97. The average Bonchev–Trinajstić information content (AvgIpc) is 3.09. The zero-order chi connectivity index (χ0) is 13.2. The minimum absolute atomic E-state index is 0.0434. The van der Waals surface area contributed by atoms with Crippen LogP contribution in [0.5, 0.6) is 11.5 Å². The number of rotatable bonds is 3. The second kappa shape index (κ2) is 4.89. The molecule has 6 nitrogen and oxygen atoms in total. The van der Waals surface area contributed by atoms with Gasteiger partial charge in [-0.2, -0.15) is 4.98 Å². The standard InChI is InChI=1S/C13H14N2O4/c1-17-8-4-5-9(10(16)7-8)13-14-12(15-19-13)11-3-2-6-18-11/h4-5,7,11,16H,2-3,6H2,1H3. The van der Waals surface area contributed by atoms with Crippen molar-refractivity contribution in [2.45, 2.75) is 18.9 Å². The predicted octanol–water partition coefficient (Wildman–Crippen LogP) is 2.30. The predicted molar refractivity (Wildman–Crippen MR) is 65.9 cm³/mol. The molecule has 1 aromatic carbocycles. The van der Waals surface area contributed by atoms with Gasteiger partial charge in [0.05, 0.1) is 12.7 Å². The zero-order valence-electron chi connectivity index (χ0n) is 10.5. The van der Waals surface area contributed by atoms with Crippen LogP contribution in [0.4, 0.5) is 0 Å². The monoisotopic (exact) mass is 262 g/mol. The zero-order valence-corrected chi connectivity index (χ0v) is 10.5. The van der Waals surface area contributed by atoms with Crippen molar-refractivity contribution < 1.29 is 19.1 Å². The summed E-state index contributed by atoms with van der Waals surface area (Å²) in [5, 5.41) is 13.8. The summed E-state index contributed by atoms with van der Waals surface area (Å²) in [6, 6.07) is 4.91. The van der Waals surface area contributed by atoms with Crippen LogP contribution in [0.25, 0.3) is 11.5 Å². The Morgan fingerprint density at radius 2 is 2.32 bits per heavy atom. The van der Waals surface area contributed by atoms with Gasteiger partial charge in [-0.05, 0) is 25.0 Å². The van der Waals surface area contributed by atoms with Crippen molar-refractivity contribution in [1.82, 2.24) is 10.1 Å². The number of benzene rings is 1. The van der Waals surface area contributed by atoms with Crippen molar-refractivity contribution >= 4 is 0 Å². The molecule has 0 spiro atoms. The highest BCUT2D eigenvalue weighted by molar-refractivity contribution is 5.63. The Morgan fingerprint density at radius 3 is 3.00 bits per heavy atom. The van der Waals surface area contributed by atoms with Gasteiger partial charge in [-0.25, -0.2) is 0 Å². The van der Waals surface area contributed by atoms with Crippen LogP contribution in [0.15, 0.2) is 22.7 Å². The molecule has 1 atom stereocenters. The molecule has 6 heteroatoms. The number of hydrogen-bond acceptors (Lipinski definition) is 6. The van der Waals surface area contributed by atoms with Gasteiger partial charge in [-0.1, -0.05) is 5.16 Å². The molecule has 1 aromatic heterocycles. The van der Waals surface area contributed by atoms with Crippen molar-refractivity contribution in [3.8, 4) is 23.0 Å². The van der Waals surface area contributed by atoms with Gasteiger partial charge in [0.25, 0.3) is 5.89 Å². The van der Waals surface area contributed by atoms with Crippen LogP contribution in [-0.4, -0.2) is 29.0 Å². The van der Waals surface area contributed by atoms with E-state index in [9.17, 15) is 5.11 Å². The molecule has 0 saturated carbocycles. The molecule has 2 heterocycles. The molecule has 1 N–H and O–H groups in total. The Bertz CT molecular complexity index is 576. The second-order valence-electron chi connectivity index (χ2n) is 4.34. The lowest BCUT2D eigenvalue weighted by molar-refractivity contribution is 0.103. The van der Waals surface area contributed by atoms with Gasteiger partial charge < -0.3 is 19.1 Å². The first-order valence-corrected chi connectivity index (χ1v) is 6.10. The molecule has 2 aromatic rings. The molecule has 3 rings (SSSR count). The van der Waals surface area contributed by atoms with Crippen molar-refractivity contribution in [1.29, 1.82) is 0 Å². The maximum atomic E-state index is 9.91. The maximum absolute atomic E-state index is 9.91. The summed E-state index contributed by atoms with van der Waals surface area (Å²) in [6.07, 6.45) is 1.80. The lowest BCUT2D eigenvalue weighted by atomic mass is 10.2. The molecule has 1 aliphatic rings. The fourth-order valence-electron chi connectivity index (χ4n) is 2.08. The Balaban J connectivity index is 1.89. The van der Waals surface area contributed by atoms with Gasteiger partial charge >= 0.3 is 0 Å². The van der Waals surface area contributed by atoms with Gasteiger partial charge in [-0.15, -0.1) is 0 Å². The van der Waals surface area contributed by atoms with E-state index in [2.05, 4.69) is 10.1 Å². The van der Waals surface area contributed by atoms with E-state index >= 15 is 0 Å². The minimum atomic E-state index is -0.0992. The molecule has 0 radical (unpaired) electrons. The third kappa shape index (κ3) is 2.26. The summed E-state index contributed by atoms with van der Waals surface area (Å²) in [7, 11) is 1.54. The number of aromatic hydroxyl groups is 1. The summed E-state index contributed by atoms with van der Waals surface area (Å²) < 4.78 is 15.7. The Hall–Kier alpha value is -2.08. The van der Waals surface area contributed by atoms with Crippen molar-refractivity contribution in [2.75, 3.05) is 13.7 Å². The van der Waals surface area contributed by atoms with E-state index in [0.717, 1.165) is 19.4 Å². The molecule has 1 aliphatic heterocycles. The third-order valence-corrected chi connectivity index (χ3v) is 3.09. The summed E-state index contributed by atoms with van der Waals surface area (Å²) in [4.78, 5) is 4.28. The van der Waals surface area contributed by atoms with Crippen LogP contribution in [0.1, 0.15) is 24.8 Å². The number of aromatic nitrogens is 2. The van der Waals surface area contributed by atoms with E-state index in [-0.39, 0.29) is 17.7 Å². The Kier molecular flexibility index (Phi) is 3.08. The first-order valence-electron chi connectivity index (χ1n) is 6.10. The molecule has 100 valence electrons. The van der Waals surface area contributed by atoms with E-state index in [1.165, 1.54) is 13.2 Å². The van der Waals surface area contributed by atoms with Crippen LogP contribution < -0.4 is 4.74 Å². The molecule has 1 saturated heterocycles. The quantitative estimate of drug-likeness (QED) is 0.914. The van der Waals surface area contributed by atoms with Crippen LogP contribution in [-0.2, 0) is 4.74 Å². The van der Waals surface area contributed by atoms with Gasteiger partial charge in [0.2, 0.25) is 5.82 Å². The molecule has 1 unspecified atom stereocenters. The number of phenols is 1. The maximum Gasteiger partial charge on any atom is 0.261 e. The van der Waals surface area contributed by atoms with Crippen LogP contribution in [0, 0.1) is 0 Å². The van der Waals surface area contributed by atoms with Crippen LogP contribution in [0.2, 0.25) is 0 Å². The van der Waals surface area contributed by atoms with Gasteiger partial charge in [0, 0.05) is 12.7 Å². The largest absolute Gasteiger partial charge is 0.507 e. The highest BCUT2D eigenvalue weighted by Crippen LogP contribution is 2.33. The van der Waals surface area contributed by atoms with E-state index in [4.69, 9.17) is 14.0 Å². The lowest BCUT2D eigenvalue weighted by Gasteiger charge is -2.03. The van der Waals surface area contributed by atoms with E-state index in [1.807, 2.05) is 0 Å². The normalized spacial score (nSPS) is 18.7. The molecular weight excluding hydrogens is 248 g/mol. The Morgan fingerprint density at radius 1 is 1.42 bits per heavy atom.